The summed E-state index contributed by atoms with van der Waals surface area (Å²) in [6.07, 6.45) is 4.83. The molecule has 100 valence electrons. The number of fused-ring (bicyclic) bond motifs is 2. The highest BCUT2D eigenvalue weighted by Crippen LogP contribution is 2.42. The van der Waals surface area contributed by atoms with Crippen LogP contribution < -0.4 is 0 Å². The minimum atomic E-state index is -1.34. The van der Waals surface area contributed by atoms with E-state index in [2.05, 4.69) is 0 Å². The van der Waals surface area contributed by atoms with Gasteiger partial charge in [0.1, 0.15) is 11.9 Å². The molecule has 1 heterocycles. The lowest BCUT2D eigenvalue weighted by Crippen LogP contribution is -2.32. The highest BCUT2D eigenvalue weighted by molar-refractivity contribution is 6.11. The maximum absolute atomic E-state index is 12.4. The highest BCUT2D eigenvalue weighted by Gasteiger charge is 2.42. The summed E-state index contributed by atoms with van der Waals surface area (Å²) >= 11 is 0. The molecule has 1 atom stereocenters. The fraction of sp³-hybridized carbons (Fsp3) is 0.125. The molecule has 0 bridgehead atoms. The quantitative estimate of drug-likeness (QED) is 0.670. The van der Waals surface area contributed by atoms with Crippen LogP contribution in [0.25, 0.3) is 6.08 Å². The van der Waals surface area contributed by atoms with Crippen molar-refractivity contribution >= 4 is 18.1 Å². The third-order valence-corrected chi connectivity index (χ3v) is 3.56. The van der Waals surface area contributed by atoms with Crippen LogP contribution in [0.3, 0.4) is 0 Å². The summed E-state index contributed by atoms with van der Waals surface area (Å²) in [5, 5.41) is 10.8. The Morgan fingerprint density at radius 1 is 1.30 bits per heavy atom. The van der Waals surface area contributed by atoms with Crippen molar-refractivity contribution in [2.75, 3.05) is 0 Å². The summed E-state index contributed by atoms with van der Waals surface area (Å²) in [7, 11) is 0. The Morgan fingerprint density at radius 2 is 2.05 bits per heavy atom. The van der Waals surface area contributed by atoms with Crippen molar-refractivity contribution in [2.24, 2.45) is 0 Å². The first kappa shape index (κ1) is 12.6. The summed E-state index contributed by atoms with van der Waals surface area (Å²) in [6.45, 7) is 1.62. The van der Waals surface area contributed by atoms with E-state index in [0.717, 1.165) is 0 Å². The molecule has 0 saturated carbocycles. The fourth-order valence-corrected chi connectivity index (χ4v) is 2.67. The SMILES string of the molecule is CC1(O)c2ccccc2C(=O)c2occ(C=CC=O)c21. The van der Waals surface area contributed by atoms with E-state index in [4.69, 9.17) is 4.42 Å². The minimum Gasteiger partial charge on any atom is -0.460 e. The van der Waals surface area contributed by atoms with E-state index in [1.807, 2.05) is 0 Å². The lowest BCUT2D eigenvalue weighted by Gasteiger charge is -2.30. The Hall–Kier alpha value is -2.46. The van der Waals surface area contributed by atoms with Crippen LogP contribution in [0.2, 0.25) is 0 Å². The van der Waals surface area contributed by atoms with Crippen LogP contribution in [0.15, 0.2) is 41.0 Å². The van der Waals surface area contributed by atoms with Crippen LogP contribution in [0.4, 0.5) is 0 Å². The molecule has 1 aliphatic carbocycles. The number of allylic oxidation sites excluding steroid dienone is 1. The second kappa shape index (κ2) is 4.28. The van der Waals surface area contributed by atoms with Gasteiger partial charge in [0.05, 0.1) is 6.26 Å². The summed E-state index contributed by atoms with van der Waals surface area (Å²) < 4.78 is 5.31. The third-order valence-electron chi connectivity index (χ3n) is 3.56. The van der Waals surface area contributed by atoms with Crippen molar-refractivity contribution in [3.05, 3.63) is 64.6 Å². The number of furan rings is 1. The van der Waals surface area contributed by atoms with Gasteiger partial charge in [-0.15, -0.1) is 0 Å². The molecule has 0 fully saturated rings. The Kier molecular flexibility index (Phi) is 2.69. The molecule has 0 radical (unpaired) electrons. The van der Waals surface area contributed by atoms with Crippen molar-refractivity contribution in [3.63, 3.8) is 0 Å². The van der Waals surface area contributed by atoms with E-state index in [0.29, 0.717) is 28.5 Å². The van der Waals surface area contributed by atoms with Crippen LogP contribution in [0.1, 0.15) is 39.7 Å². The molecule has 1 aromatic heterocycles. The smallest absolute Gasteiger partial charge is 0.229 e. The van der Waals surface area contributed by atoms with Crippen molar-refractivity contribution in [2.45, 2.75) is 12.5 Å². The highest BCUT2D eigenvalue weighted by atomic mass is 16.3. The van der Waals surface area contributed by atoms with Gasteiger partial charge in [-0.1, -0.05) is 24.3 Å². The standard InChI is InChI=1S/C16H12O4/c1-16(19)12-7-3-2-6-11(12)14(18)15-13(16)10(9-20-15)5-4-8-17/h2-9,19H,1H3. The molecule has 1 aromatic carbocycles. The topological polar surface area (TPSA) is 67.5 Å². The van der Waals surface area contributed by atoms with Gasteiger partial charge < -0.3 is 9.52 Å². The first-order valence-corrected chi connectivity index (χ1v) is 6.17. The summed E-state index contributed by atoms with van der Waals surface area (Å²) in [6, 6.07) is 6.90. The van der Waals surface area contributed by atoms with Gasteiger partial charge in [0.2, 0.25) is 5.78 Å². The molecular weight excluding hydrogens is 256 g/mol. The lowest BCUT2D eigenvalue weighted by atomic mass is 9.77. The zero-order valence-electron chi connectivity index (χ0n) is 10.8. The van der Waals surface area contributed by atoms with Gasteiger partial charge in [-0.3, -0.25) is 9.59 Å². The number of aliphatic hydroxyl groups is 1. The van der Waals surface area contributed by atoms with E-state index < -0.39 is 5.60 Å². The van der Waals surface area contributed by atoms with Crippen LogP contribution in [0.5, 0.6) is 0 Å². The van der Waals surface area contributed by atoms with Crippen molar-refractivity contribution in [3.8, 4) is 0 Å². The molecule has 1 unspecified atom stereocenters. The number of hydrogen-bond donors (Lipinski definition) is 1. The van der Waals surface area contributed by atoms with Gasteiger partial charge in [-0.2, -0.15) is 0 Å². The van der Waals surface area contributed by atoms with Crippen molar-refractivity contribution < 1.29 is 19.1 Å². The first-order valence-electron chi connectivity index (χ1n) is 6.17. The maximum atomic E-state index is 12.4. The monoisotopic (exact) mass is 268 g/mol. The van der Waals surface area contributed by atoms with Gasteiger partial charge >= 0.3 is 0 Å². The Labute approximate surface area is 115 Å². The molecule has 0 saturated heterocycles. The van der Waals surface area contributed by atoms with E-state index in [1.165, 1.54) is 18.4 Å². The Balaban J connectivity index is 2.29. The average molecular weight is 268 g/mol. The molecule has 0 amide bonds. The molecule has 0 aliphatic heterocycles. The van der Waals surface area contributed by atoms with Crippen molar-refractivity contribution in [1.82, 2.24) is 0 Å². The number of ketones is 1. The number of hydrogen-bond acceptors (Lipinski definition) is 4. The predicted molar refractivity (Wildman–Crippen MR) is 72.4 cm³/mol. The average Bonchev–Trinajstić information content (AvgIpc) is 2.88. The van der Waals surface area contributed by atoms with Crippen LogP contribution in [-0.2, 0) is 10.4 Å². The number of benzene rings is 1. The van der Waals surface area contributed by atoms with E-state index in [1.54, 1.807) is 31.2 Å². The largest absolute Gasteiger partial charge is 0.460 e. The summed E-state index contributed by atoms with van der Waals surface area (Å²) in [5.41, 5.74) is 0.569. The molecule has 2 aromatic rings. The minimum absolute atomic E-state index is 0.124. The van der Waals surface area contributed by atoms with Gasteiger partial charge in [0.15, 0.2) is 5.76 Å². The maximum Gasteiger partial charge on any atom is 0.229 e. The molecular formula is C16H12O4. The van der Waals surface area contributed by atoms with Crippen LogP contribution in [-0.4, -0.2) is 17.2 Å². The molecule has 20 heavy (non-hydrogen) atoms. The number of carbonyl (C=O) groups is 2. The molecule has 4 nitrogen and oxygen atoms in total. The van der Waals surface area contributed by atoms with Gasteiger partial charge in [-0.25, -0.2) is 0 Å². The van der Waals surface area contributed by atoms with E-state index in [9.17, 15) is 14.7 Å². The summed E-state index contributed by atoms with van der Waals surface area (Å²) in [5.74, 6) is -0.132. The van der Waals surface area contributed by atoms with Gasteiger partial charge in [-0.05, 0) is 24.6 Å². The van der Waals surface area contributed by atoms with E-state index >= 15 is 0 Å². The number of rotatable bonds is 2. The fourth-order valence-electron chi connectivity index (χ4n) is 2.67. The molecule has 3 rings (SSSR count). The second-order valence-electron chi connectivity index (χ2n) is 4.84. The number of aldehydes is 1. The second-order valence-corrected chi connectivity index (χ2v) is 4.84. The third kappa shape index (κ3) is 1.58. The van der Waals surface area contributed by atoms with E-state index in [-0.39, 0.29) is 11.5 Å². The first-order chi connectivity index (χ1) is 9.57. The van der Waals surface area contributed by atoms with Gasteiger partial charge in [0, 0.05) is 16.7 Å². The zero-order valence-corrected chi connectivity index (χ0v) is 10.8. The molecule has 0 spiro atoms. The van der Waals surface area contributed by atoms with Crippen LogP contribution in [0, 0.1) is 0 Å². The summed E-state index contributed by atoms with van der Waals surface area (Å²) in [4.78, 5) is 22.8. The predicted octanol–water partition coefficient (Wildman–Crippen LogP) is 2.29. The number of carbonyl (C=O) groups excluding carboxylic acids is 2. The Morgan fingerprint density at radius 3 is 2.80 bits per heavy atom. The molecule has 1 aliphatic rings. The zero-order chi connectivity index (χ0) is 14.3. The lowest BCUT2D eigenvalue weighted by molar-refractivity contribution is -0.104. The molecule has 1 N–H and O–H groups in total. The molecule has 4 heteroatoms. The normalized spacial score (nSPS) is 20.8. The van der Waals surface area contributed by atoms with Crippen molar-refractivity contribution in [1.29, 1.82) is 0 Å². The van der Waals surface area contributed by atoms with Crippen LogP contribution >= 0.6 is 0 Å². The van der Waals surface area contributed by atoms with Gasteiger partial charge in [0.25, 0.3) is 0 Å². The Bertz CT molecular complexity index is 735.